The number of piperidine rings is 1. The van der Waals surface area contributed by atoms with Crippen molar-refractivity contribution in [3.63, 3.8) is 0 Å². The van der Waals surface area contributed by atoms with E-state index in [-0.39, 0.29) is 11.8 Å². The minimum absolute atomic E-state index is 0.226. The lowest BCUT2D eigenvalue weighted by molar-refractivity contribution is -0.135. The van der Waals surface area contributed by atoms with E-state index in [1.54, 1.807) is 30.3 Å². The summed E-state index contributed by atoms with van der Waals surface area (Å²) in [5.41, 5.74) is 3.47. The number of hydrogen-bond donors (Lipinski definition) is 1. The Balaban J connectivity index is 1.42. The molecular formula is C26H26ClN3O2. The first-order valence-electron chi connectivity index (χ1n) is 11.1. The Kier molecular flexibility index (Phi) is 6.92. The molecule has 0 radical (unpaired) electrons. The van der Waals surface area contributed by atoms with E-state index in [1.807, 2.05) is 23.1 Å². The molecule has 0 unspecified atom stereocenters. The van der Waals surface area contributed by atoms with Crippen molar-refractivity contribution >= 4 is 35.2 Å². The maximum absolute atomic E-state index is 12.7. The highest BCUT2D eigenvalue weighted by Gasteiger charge is 2.28. The van der Waals surface area contributed by atoms with E-state index in [1.165, 1.54) is 18.4 Å². The largest absolute Gasteiger partial charge is 0.342 e. The van der Waals surface area contributed by atoms with E-state index < -0.39 is 0 Å². The highest BCUT2D eigenvalue weighted by Crippen LogP contribution is 2.31. The summed E-state index contributed by atoms with van der Waals surface area (Å²) in [6.07, 6.45) is 8.17. The van der Waals surface area contributed by atoms with Gasteiger partial charge in [0.05, 0.1) is 22.3 Å². The first-order chi connectivity index (χ1) is 15.5. The third kappa shape index (κ3) is 5.03. The average Bonchev–Trinajstić information content (AvgIpc) is 3.37. The molecule has 1 aliphatic heterocycles. The van der Waals surface area contributed by atoms with Gasteiger partial charge >= 0.3 is 0 Å². The monoisotopic (exact) mass is 447 g/mol. The number of rotatable bonds is 4. The van der Waals surface area contributed by atoms with Gasteiger partial charge in [0.15, 0.2) is 0 Å². The number of halogens is 1. The summed E-state index contributed by atoms with van der Waals surface area (Å²) in [6, 6.07) is 14.1. The highest BCUT2D eigenvalue weighted by molar-refractivity contribution is 6.35. The van der Waals surface area contributed by atoms with Gasteiger partial charge in [0.2, 0.25) is 5.91 Å². The molecule has 1 saturated carbocycles. The van der Waals surface area contributed by atoms with Crippen LogP contribution in [0.2, 0.25) is 5.02 Å². The normalized spacial score (nSPS) is 16.5. The molecule has 1 heterocycles. The Morgan fingerprint density at radius 1 is 1.09 bits per heavy atom. The number of carbonyl (C=O) groups excluding carboxylic acids is 2. The number of nitrogens with zero attached hydrogens (tertiary/aromatic N) is 2. The van der Waals surface area contributed by atoms with Crippen LogP contribution in [0.3, 0.4) is 0 Å². The van der Waals surface area contributed by atoms with E-state index in [4.69, 9.17) is 16.9 Å². The van der Waals surface area contributed by atoms with Gasteiger partial charge < -0.3 is 10.2 Å². The molecule has 0 bridgehead atoms. The zero-order valence-electron chi connectivity index (χ0n) is 17.9. The maximum atomic E-state index is 12.7. The van der Waals surface area contributed by atoms with Crippen LogP contribution in [-0.4, -0.2) is 29.8 Å². The summed E-state index contributed by atoms with van der Waals surface area (Å²) in [7, 11) is 0. The van der Waals surface area contributed by atoms with Crippen LogP contribution in [0.5, 0.6) is 0 Å². The predicted molar refractivity (Wildman–Crippen MR) is 126 cm³/mol. The van der Waals surface area contributed by atoms with E-state index in [0.29, 0.717) is 27.7 Å². The van der Waals surface area contributed by atoms with Crippen LogP contribution in [0.25, 0.3) is 6.08 Å². The van der Waals surface area contributed by atoms with E-state index in [2.05, 4.69) is 11.4 Å². The van der Waals surface area contributed by atoms with E-state index >= 15 is 0 Å². The second kappa shape index (κ2) is 10.0. The number of amides is 2. The van der Waals surface area contributed by atoms with Crippen LogP contribution >= 0.6 is 11.6 Å². The van der Waals surface area contributed by atoms with Gasteiger partial charge in [-0.2, -0.15) is 5.26 Å². The molecule has 2 fully saturated rings. The van der Waals surface area contributed by atoms with Gasteiger partial charge in [-0.3, -0.25) is 9.59 Å². The fraction of sp³-hybridized carbons (Fsp3) is 0.346. The van der Waals surface area contributed by atoms with E-state index in [9.17, 15) is 9.59 Å². The second-order valence-electron chi connectivity index (χ2n) is 8.46. The molecule has 1 N–H and O–H groups in total. The fourth-order valence-electron chi connectivity index (χ4n) is 4.49. The number of likely N-dealkylation sites (tertiary alicyclic amines) is 1. The number of nitriles is 1. The summed E-state index contributed by atoms with van der Waals surface area (Å²) >= 11 is 6.61. The molecule has 2 amide bonds. The van der Waals surface area contributed by atoms with Crippen LogP contribution < -0.4 is 5.32 Å². The van der Waals surface area contributed by atoms with Crippen molar-refractivity contribution < 1.29 is 9.59 Å². The molecular weight excluding hydrogens is 422 g/mol. The molecule has 1 aliphatic carbocycles. The number of hydrogen-bond acceptors (Lipinski definition) is 3. The van der Waals surface area contributed by atoms with Gasteiger partial charge in [0.25, 0.3) is 5.91 Å². The predicted octanol–water partition coefficient (Wildman–Crippen LogP) is 5.66. The van der Waals surface area contributed by atoms with Crippen LogP contribution in [0, 0.1) is 17.2 Å². The SMILES string of the molecule is N#Cc1cccc(C(=O)Nc2cccc(C=C3CCN(C(=O)C4CCCC4)CC3)c2Cl)c1. The van der Waals surface area contributed by atoms with Crippen LogP contribution in [0.15, 0.2) is 48.0 Å². The van der Waals surface area contributed by atoms with Crippen LogP contribution in [0.1, 0.15) is 60.0 Å². The van der Waals surface area contributed by atoms with Crippen LogP contribution in [-0.2, 0) is 4.79 Å². The Morgan fingerprint density at radius 3 is 2.53 bits per heavy atom. The Labute approximate surface area is 193 Å². The lowest BCUT2D eigenvalue weighted by Gasteiger charge is -2.30. The van der Waals surface area contributed by atoms with Crippen molar-refractivity contribution in [2.45, 2.75) is 38.5 Å². The number of benzene rings is 2. The smallest absolute Gasteiger partial charge is 0.255 e. The summed E-state index contributed by atoms with van der Waals surface area (Å²) in [6.45, 7) is 1.51. The van der Waals surface area contributed by atoms with Crippen molar-refractivity contribution in [1.29, 1.82) is 5.26 Å². The molecule has 0 spiro atoms. The molecule has 2 aromatic carbocycles. The minimum Gasteiger partial charge on any atom is -0.342 e. The first kappa shape index (κ1) is 22.1. The molecule has 32 heavy (non-hydrogen) atoms. The Hall–Kier alpha value is -3.10. The summed E-state index contributed by atoms with van der Waals surface area (Å²) < 4.78 is 0. The molecule has 1 saturated heterocycles. The van der Waals surface area contributed by atoms with Gasteiger partial charge in [-0.15, -0.1) is 0 Å². The quantitative estimate of drug-likeness (QED) is 0.657. The maximum Gasteiger partial charge on any atom is 0.255 e. The lowest BCUT2D eigenvalue weighted by atomic mass is 9.98. The molecule has 2 aromatic rings. The third-order valence-electron chi connectivity index (χ3n) is 6.31. The van der Waals surface area contributed by atoms with Crippen molar-refractivity contribution in [3.8, 4) is 6.07 Å². The summed E-state index contributed by atoms with van der Waals surface area (Å²) in [4.78, 5) is 27.3. The third-order valence-corrected chi connectivity index (χ3v) is 6.73. The standard InChI is InChI=1S/C26H26ClN3O2/c27-24-21(15-18-11-13-30(14-12-18)26(32)20-6-1-2-7-20)8-4-10-23(24)29-25(31)22-9-3-5-19(16-22)17-28/h3-5,8-10,15-16,20H,1-2,6-7,11-14H2,(H,29,31). The van der Waals surface area contributed by atoms with Crippen molar-refractivity contribution in [2.24, 2.45) is 5.92 Å². The molecule has 2 aliphatic rings. The second-order valence-corrected chi connectivity index (χ2v) is 8.84. The molecule has 6 heteroatoms. The molecule has 4 rings (SSSR count). The lowest BCUT2D eigenvalue weighted by Crippen LogP contribution is -2.39. The number of nitrogens with one attached hydrogen (secondary N) is 1. The van der Waals surface area contributed by atoms with Crippen molar-refractivity contribution in [2.75, 3.05) is 18.4 Å². The van der Waals surface area contributed by atoms with Gasteiger partial charge in [0.1, 0.15) is 0 Å². The van der Waals surface area contributed by atoms with Crippen molar-refractivity contribution in [3.05, 3.63) is 69.8 Å². The zero-order chi connectivity index (χ0) is 22.5. The van der Waals surface area contributed by atoms with Gasteiger partial charge in [0, 0.05) is 24.6 Å². The highest BCUT2D eigenvalue weighted by atomic mass is 35.5. The van der Waals surface area contributed by atoms with Crippen molar-refractivity contribution in [1.82, 2.24) is 4.90 Å². The zero-order valence-corrected chi connectivity index (χ0v) is 18.7. The minimum atomic E-state index is -0.312. The molecule has 164 valence electrons. The first-order valence-corrected chi connectivity index (χ1v) is 11.5. The molecule has 0 aromatic heterocycles. The van der Waals surface area contributed by atoms with Crippen LogP contribution in [0.4, 0.5) is 5.69 Å². The average molecular weight is 448 g/mol. The number of carbonyl (C=O) groups is 2. The molecule has 0 atom stereocenters. The van der Waals surface area contributed by atoms with Gasteiger partial charge in [-0.05, 0) is 55.5 Å². The Bertz CT molecular complexity index is 1090. The molecule has 5 nitrogen and oxygen atoms in total. The Morgan fingerprint density at radius 2 is 1.81 bits per heavy atom. The topological polar surface area (TPSA) is 73.2 Å². The summed E-state index contributed by atoms with van der Waals surface area (Å²) in [5.74, 6) is 0.237. The summed E-state index contributed by atoms with van der Waals surface area (Å²) in [5, 5.41) is 12.4. The van der Waals surface area contributed by atoms with E-state index in [0.717, 1.165) is 44.3 Å². The van der Waals surface area contributed by atoms with Gasteiger partial charge in [-0.25, -0.2) is 0 Å². The van der Waals surface area contributed by atoms with Gasteiger partial charge in [-0.1, -0.05) is 54.3 Å². The fourth-order valence-corrected chi connectivity index (χ4v) is 4.72. The number of anilines is 1.